The first-order valence-corrected chi connectivity index (χ1v) is 6.19. The van der Waals surface area contributed by atoms with Gasteiger partial charge in [-0.2, -0.15) is 4.39 Å². The third-order valence-corrected chi connectivity index (χ3v) is 2.94. The zero-order valence-corrected chi connectivity index (χ0v) is 11.0. The standard InChI is InChI=1S/C13H15FN4O2/c1-10(8-17-6-5-15-9-17)16-7-11-3-2-4-12(13(11)14)18(19)20/h2-6,9-10,16H,7-8H2,1H3. The van der Waals surface area contributed by atoms with Crippen molar-refractivity contribution in [1.29, 1.82) is 0 Å². The van der Waals surface area contributed by atoms with Gasteiger partial charge < -0.3 is 9.88 Å². The highest BCUT2D eigenvalue weighted by atomic mass is 19.1. The maximum Gasteiger partial charge on any atom is 0.305 e. The number of nitrogens with one attached hydrogen (secondary N) is 1. The van der Waals surface area contributed by atoms with Crippen molar-refractivity contribution in [3.05, 3.63) is 58.4 Å². The highest BCUT2D eigenvalue weighted by molar-refractivity contribution is 5.36. The molecule has 0 fully saturated rings. The van der Waals surface area contributed by atoms with Crippen molar-refractivity contribution in [2.45, 2.75) is 26.1 Å². The number of halogens is 1. The van der Waals surface area contributed by atoms with Gasteiger partial charge in [-0.3, -0.25) is 10.1 Å². The van der Waals surface area contributed by atoms with Crippen molar-refractivity contribution in [2.75, 3.05) is 0 Å². The molecule has 0 radical (unpaired) electrons. The van der Waals surface area contributed by atoms with E-state index in [-0.39, 0.29) is 18.2 Å². The van der Waals surface area contributed by atoms with E-state index in [1.165, 1.54) is 6.07 Å². The van der Waals surface area contributed by atoms with Gasteiger partial charge in [0.15, 0.2) is 0 Å². The van der Waals surface area contributed by atoms with Crippen molar-refractivity contribution >= 4 is 5.69 Å². The number of benzene rings is 1. The van der Waals surface area contributed by atoms with Crippen molar-refractivity contribution in [3.63, 3.8) is 0 Å². The molecule has 2 aromatic rings. The Bertz CT molecular complexity index is 586. The summed E-state index contributed by atoms with van der Waals surface area (Å²) in [6.07, 6.45) is 5.23. The molecule has 20 heavy (non-hydrogen) atoms. The van der Waals surface area contributed by atoms with E-state index in [1.807, 2.05) is 17.7 Å². The maximum absolute atomic E-state index is 13.9. The minimum absolute atomic E-state index is 0.0860. The minimum atomic E-state index is -0.778. The average molecular weight is 278 g/mol. The van der Waals surface area contributed by atoms with Crippen LogP contribution in [0, 0.1) is 15.9 Å². The molecule has 1 aromatic heterocycles. The number of nitrogens with zero attached hydrogens (tertiary/aromatic N) is 3. The van der Waals surface area contributed by atoms with E-state index in [2.05, 4.69) is 10.3 Å². The summed E-state index contributed by atoms with van der Waals surface area (Å²) >= 11 is 0. The molecule has 0 aliphatic rings. The van der Waals surface area contributed by atoms with Crippen LogP contribution in [0.25, 0.3) is 0 Å². The van der Waals surface area contributed by atoms with E-state index in [1.54, 1.807) is 18.6 Å². The largest absolute Gasteiger partial charge is 0.336 e. The normalized spacial score (nSPS) is 12.3. The first-order chi connectivity index (χ1) is 9.58. The van der Waals surface area contributed by atoms with Gasteiger partial charge in [0.05, 0.1) is 11.3 Å². The second-order valence-corrected chi connectivity index (χ2v) is 4.55. The summed E-state index contributed by atoms with van der Waals surface area (Å²) in [6, 6.07) is 4.27. The van der Waals surface area contributed by atoms with Crippen molar-refractivity contribution in [3.8, 4) is 0 Å². The van der Waals surface area contributed by atoms with E-state index in [9.17, 15) is 14.5 Å². The molecule has 7 heteroatoms. The Balaban J connectivity index is 1.97. The zero-order chi connectivity index (χ0) is 14.5. The number of nitro groups is 1. The van der Waals surface area contributed by atoms with E-state index in [0.29, 0.717) is 6.54 Å². The van der Waals surface area contributed by atoms with E-state index in [4.69, 9.17) is 0 Å². The Morgan fingerprint density at radius 1 is 1.55 bits per heavy atom. The van der Waals surface area contributed by atoms with Crippen LogP contribution in [0.3, 0.4) is 0 Å². The highest BCUT2D eigenvalue weighted by Gasteiger charge is 2.17. The highest BCUT2D eigenvalue weighted by Crippen LogP contribution is 2.20. The zero-order valence-electron chi connectivity index (χ0n) is 11.0. The predicted molar refractivity (Wildman–Crippen MR) is 71.6 cm³/mol. The summed E-state index contributed by atoms with van der Waals surface area (Å²) in [5.74, 6) is -0.778. The SMILES string of the molecule is CC(Cn1ccnc1)NCc1cccc([N+](=O)[O-])c1F. The van der Waals surface area contributed by atoms with Gasteiger partial charge in [0.25, 0.3) is 0 Å². The molecule has 0 saturated heterocycles. The van der Waals surface area contributed by atoms with Gasteiger partial charge in [-0.1, -0.05) is 12.1 Å². The number of hydrogen-bond donors (Lipinski definition) is 1. The van der Waals surface area contributed by atoms with Gasteiger partial charge in [-0.05, 0) is 6.92 Å². The summed E-state index contributed by atoms with van der Waals surface area (Å²) in [6.45, 7) is 2.88. The van der Waals surface area contributed by atoms with Crippen molar-refractivity contribution in [1.82, 2.24) is 14.9 Å². The molecule has 1 atom stereocenters. The fraction of sp³-hybridized carbons (Fsp3) is 0.308. The van der Waals surface area contributed by atoms with Crippen LogP contribution in [-0.2, 0) is 13.1 Å². The summed E-state index contributed by atoms with van der Waals surface area (Å²) in [4.78, 5) is 13.9. The van der Waals surface area contributed by atoms with Crippen LogP contribution < -0.4 is 5.32 Å². The van der Waals surface area contributed by atoms with Crippen LogP contribution in [0.5, 0.6) is 0 Å². The molecule has 1 aromatic carbocycles. The van der Waals surface area contributed by atoms with Crippen LogP contribution in [0.15, 0.2) is 36.9 Å². The average Bonchev–Trinajstić information content (AvgIpc) is 2.90. The lowest BCUT2D eigenvalue weighted by molar-refractivity contribution is -0.387. The Labute approximate surface area is 115 Å². The lowest BCUT2D eigenvalue weighted by Gasteiger charge is -2.14. The van der Waals surface area contributed by atoms with Crippen LogP contribution >= 0.6 is 0 Å². The Hall–Kier alpha value is -2.28. The third-order valence-electron chi connectivity index (χ3n) is 2.94. The van der Waals surface area contributed by atoms with Crippen molar-refractivity contribution in [2.24, 2.45) is 0 Å². The number of rotatable bonds is 6. The van der Waals surface area contributed by atoms with Crippen LogP contribution in [-0.4, -0.2) is 20.5 Å². The second kappa shape index (κ2) is 6.25. The maximum atomic E-state index is 13.9. The Morgan fingerprint density at radius 2 is 2.35 bits per heavy atom. The first-order valence-electron chi connectivity index (χ1n) is 6.19. The number of nitro benzene ring substituents is 1. The Kier molecular flexibility index (Phi) is 4.41. The smallest absolute Gasteiger partial charge is 0.305 e. The van der Waals surface area contributed by atoms with Crippen LogP contribution in [0.2, 0.25) is 0 Å². The van der Waals surface area contributed by atoms with Crippen LogP contribution in [0.1, 0.15) is 12.5 Å². The predicted octanol–water partition coefficient (Wildman–Crippen LogP) is 2.11. The van der Waals surface area contributed by atoms with Crippen LogP contribution in [0.4, 0.5) is 10.1 Å². The molecule has 1 heterocycles. The van der Waals surface area contributed by atoms with Crippen molar-refractivity contribution < 1.29 is 9.31 Å². The molecular weight excluding hydrogens is 263 g/mol. The molecular formula is C13H15FN4O2. The van der Waals surface area contributed by atoms with Gasteiger partial charge in [0, 0.05) is 43.2 Å². The summed E-state index contributed by atoms with van der Waals surface area (Å²) < 4.78 is 15.8. The minimum Gasteiger partial charge on any atom is -0.336 e. The topological polar surface area (TPSA) is 73.0 Å². The van der Waals surface area contributed by atoms with E-state index >= 15 is 0 Å². The monoisotopic (exact) mass is 278 g/mol. The fourth-order valence-electron chi connectivity index (χ4n) is 1.90. The summed E-state index contributed by atoms with van der Waals surface area (Å²) in [5.41, 5.74) is -0.205. The molecule has 0 saturated carbocycles. The molecule has 2 rings (SSSR count). The molecule has 6 nitrogen and oxygen atoms in total. The van der Waals surface area contributed by atoms with E-state index < -0.39 is 16.4 Å². The van der Waals surface area contributed by atoms with Gasteiger partial charge >= 0.3 is 5.69 Å². The second-order valence-electron chi connectivity index (χ2n) is 4.55. The molecule has 0 bridgehead atoms. The Morgan fingerprint density at radius 3 is 3.00 bits per heavy atom. The van der Waals surface area contributed by atoms with Gasteiger partial charge in [-0.15, -0.1) is 0 Å². The molecule has 106 valence electrons. The lowest BCUT2D eigenvalue weighted by atomic mass is 10.1. The molecule has 0 spiro atoms. The first kappa shape index (κ1) is 14.1. The summed E-state index contributed by atoms with van der Waals surface area (Å²) in [7, 11) is 0. The summed E-state index contributed by atoms with van der Waals surface area (Å²) in [5, 5.41) is 13.8. The molecule has 1 unspecified atom stereocenters. The fourth-order valence-corrected chi connectivity index (χ4v) is 1.90. The molecule has 0 aliphatic carbocycles. The quantitative estimate of drug-likeness (QED) is 0.648. The lowest BCUT2D eigenvalue weighted by Crippen LogP contribution is -2.30. The number of imidazole rings is 1. The van der Waals surface area contributed by atoms with Gasteiger partial charge in [0.1, 0.15) is 0 Å². The van der Waals surface area contributed by atoms with Gasteiger partial charge in [-0.25, -0.2) is 4.98 Å². The molecule has 0 aliphatic heterocycles. The molecule has 0 amide bonds. The number of hydrogen-bond acceptors (Lipinski definition) is 4. The van der Waals surface area contributed by atoms with Gasteiger partial charge in [0.2, 0.25) is 5.82 Å². The third kappa shape index (κ3) is 3.39. The van der Waals surface area contributed by atoms with E-state index in [0.717, 1.165) is 6.07 Å². The molecule has 1 N–H and O–H groups in total. The number of aromatic nitrogens is 2.